The van der Waals surface area contributed by atoms with Crippen molar-refractivity contribution >= 4 is 29.9 Å². The summed E-state index contributed by atoms with van der Waals surface area (Å²) in [7, 11) is 1.81. The van der Waals surface area contributed by atoms with Crippen LogP contribution < -0.4 is 10.6 Å². The fourth-order valence-corrected chi connectivity index (χ4v) is 3.00. The number of hydrogen-bond acceptors (Lipinski definition) is 2. The largest absolute Gasteiger partial charge is 0.356 e. The highest BCUT2D eigenvalue weighted by Gasteiger charge is 2.28. The van der Waals surface area contributed by atoms with E-state index in [1.165, 1.54) is 5.56 Å². The molecule has 0 spiro atoms. The fourth-order valence-electron chi connectivity index (χ4n) is 3.00. The van der Waals surface area contributed by atoms with E-state index in [2.05, 4.69) is 64.8 Å². The first-order chi connectivity index (χ1) is 11.7. The zero-order valence-corrected chi connectivity index (χ0v) is 17.7. The van der Waals surface area contributed by atoms with Crippen LogP contribution >= 0.6 is 24.0 Å². The van der Waals surface area contributed by atoms with Gasteiger partial charge in [-0.05, 0) is 18.4 Å². The first-order valence-electron chi connectivity index (χ1n) is 8.70. The van der Waals surface area contributed by atoms with E-state index in [1.807, 2.05) is 24.1 Å². The molecule has 1 heterocycles. The summed E-state index contributed by atoms with van der Waals surface area (Å²) in [4.78, 5) is 8.40. The summed E-state index contributed by atoms with van der Waals surface area (Å²) in [5, 5.41) is 6.87. The first-order valence-corrected chi connectivity index (χ1v) is 8.70. The molecule has 0 fully saturated rings. The number of rotatable bonds is 8. The molecule has 0 bridgehead atoms. The Bertz CT molecular complexity index is 606. The van der Waals surface area contributed by atoms with Gasteiger partial charge in [0.05, 0.1) is 6.33 Å². The Hall–Kier alpha value is -1.57. The third kappa shape index (κ3) is 6.02. The molecule has 0 aliphatic rings. The summed E-state index contributed by atoms with van der Waals surface area (Å²) in [5.74, 6) is 0.845. The Morgan fingerprint density at radius 1 is 1.16 bits per heavy atom. The molecule has 0 atom stereocenters. The number of halogens is 1. The van der Waals surface area contributed by atoms with Gasteiger partial charge in [0.15, 0.2) is 5.96 Å². The van der Waals surface area contributed by atoms with E-state index in [0.717, 1.165) is 38.4 Å². The molecule has 0 saturated carbocycles. The molecular formula is C19H30IN5. The van der Waals surface area contributed by atoms with Crippen LogP contribution in [0, 0.1) is 0 Å². The zero-order chi connectivity index (χ0) is 17.3. The average Bonchev–Trinajstić information content (AvgIpc) is 3.15. The van der Waals surface area contributed by atoms with E-state index in [0.29, 0.717) is 0 Å². The van der Waals surface area contributed by atoms with Gasteiger partial charge in [0.1, 0.15) is 0 Å². The summed E-state index contributed by atoms with van der Waals surface area (Å²) in [6.45, 7) is 7.06. The van der Waals surface area contributed by atoms with Crippen molar-refractivity contribution in [3.8, 4) is 0 Å². The maximum atomic E-state index is 4.34. The minimum Gasteiger partial charge on any atom is -0.356 e. The molecular weight excluding hydrogens is 425 g/mol. The van der Waals surface area contributed by atoms with Crippen LogP contribution in [0.5, 0.6) is 0 Å². The van der Waals surface area contributed by atoms with Gasteiger partial charge in [0.2, 0.25) is 0 Å². The lowest BCUT2D eigenvalue weighted by atomic mass is 9.76. The van der Waals surface area contributed by atoms with Crippen LogP contribution in [-0.2, 0) is 12.0 Å². The number of hydrogen-bond donors (Lipinski definition) is 2. The second-order valence-electron chi connectivity index (χ2n) is 6.01. The van der Waals surface area contributed by atoms with Gasteiger partial charge < -0.3 is 15.2 Å². The van der Waals surface area contributed by atoms with E-state index in [9.17, 15) is 0 Å². The molecule has 0 radical (unpaired) electrons. The standard InChI is InChI=1S/C19H29N5.HI/c1-4-19(5-2,17-9-7-6-8-10-17)15-23-18(20-3)22-12-14-24-13-11-21-16-24;/h6-11,13,16H,4-5,12,14-15H2,1-3H3,(H2,20,22,23);1H. The number of benzene rings is 1. The van der Waals surface area contributed by atoms with Gasteiger partial charge in [-0.1, -0.05) is 44.2 Å². The second kappa shape index (κ2) is 11.1. The van der Waals surface area contributed by atoms with E-state index in [1.54, 1.807) is 6.20 Å². The van der Waals surface area contributed by atoms with Crippen LogP contribution in [0.15, 0.2) is 54.0 Å². The highest BCUT2D eigenvalue weighted by Crippen LogP contribution is 2.30. The van der Waals surface area contributed by atoms with E-state index in [4.69, 9.17) is 0 Å². The van der Waals surface area contributed by atoms with Crippen LogP contribution in [0.4, 0.5) is 0 Å². The molecule has 6 heteroatoms. The molecule has 0 saturated heterocycles. The molecule has 138 valence electrons. The van der Waals surface area contributed by atoms with Crippen molar-refractivity contribution in [3.05, 3.63) is 54.6 Å². The Balaban J connectivity index is 0.00000312. The molecule has 0 aliphatic carbocycles. The van der Waals surface area contributed by atoms with Crippen molar-refractivity contribution in [2.75, 3.05) is 20.1 Å². The Morgan fingerprint density at radius 2 is 1.88 bits per heavy atom. The monoisotopic (exact) mass is 455 g/mol. The summed E-state index contributed by atoms with van der Waals surface area (Å²) in [5.41, 5.74) is 1.51. The Labute approximate surface area is 168 Å². The topological polar surface area (TPSA) is 54.2 Å². The van der Waals surface area contributed by atoms with Crippen LogP contribution in [0.3, 0.4) is 0 Å². The molecule has 2 rings (SSSR count). The normalized spacial score (nSPS) is 11.7. The summed E-state index contributed by atoms with van der Waals surface area (Å²) >= 11 is 0. The van der Waals surface area contributed by atoms with E-state index >= 15 is 0 Å². The van der Waals surface area contributed by atoms with Crippen LogP contribution in [0.1, 0.15) is 32.3 Å². The van der Waals surface area contributed by atoms with Crippen LogP contribution in [0.2, 0.25) is 0 Å². The lowest BCUT2D eigenvalue weighted by molar-refractivity contribution is 0.389. The van der Waals surface area contributed by atoms with Crippen molar-refractivity contribution < 1.29 is 0 Å². The smallest absolute Gasteiger partial charge is 0.191 e. The Kier molecular flexibility index (Phi) is 9.55. The lowest BCUT2D eigenvalue weighted by Crippen LogP contribution is -2.46. The molecule has 2 aromatic rings. The second-order valence-corrected chi connectivity index (χ2v) is 6.01. The lowest BCUT2D eigenvalue weighted by Gasteiger charge is -2.33. The molecule has 0 aliphatic heterocycles. The van der Waals surface area contributed by atoms with Gasteiger partial charge in [-0.3, -0.25) is 4.99 Å². The number of imidazole rings is 1. The van der Waals surface area contributed by atoms with Crippen molar-refractivity contribution in [1.82, 2.24) is 20.2 Å². The van der Waals surface area contributed by atoms with Gasteiger partial charge in [-0.2, -0.15) is 0 Å². The molecule has 1 aromatic heterocycles. The van der Waals surface area contributed by atoms with Gasteiger partial charge in [0.25, 0.3) is 0 Å². The number of aliphatic imine (C=N–C) groups is 1. The number of nitrogens with one attached hydrogen (secondary N) is 2. The number of guanidine groups is 1. The minimum absolute atomic E-state index is 0. The maximum absolute atomic E-state index is 4.34. The van der Waals surface area contributed by atoms with Crippen LogP contribution in [0.25, 0.3) is 0 Å². The minimum atomic E-state index is 0. The highest BCUT2D eigenvalue weighted by atomic mass is 127. The van der Waals surface area contributed by atoms with Gasteiger partial charge in [-0.15, -0.1) is 24.0 Å². The van der Waals surface area contributed by atoms with Crippen molar-refractivity contribution in [1.29, 1.82) is 0 Å². The summed E-state index contributed by atoms with van der Waals surface area (Å²) in [6, 6.07) is 10.8. The maximum Gasteiger partial charge on any atom is 0.191 e. The predicted molar refractivity (Wildman–Crippen MR) is 116 cm³/mol. The molecule has 25 heavy (non-hydrogen) atoms. The van der Waals surface area contributed by atoms with Crippen molar-refractivity contribution in [2.45, 2.75) is 38.6 Å². The van der Waals surface area contributed by atoms with Crippen LogP contribution in [-0.4, -0.2) is 35.6 Å². The average molecular weight is 455 g/mol. The third-order valence-electron chi connectivity index (χ3n) is 4.78. The Morgan fingerprint density at radius 3 is 2.44 bits per heavy atom. The number of nitrogens with zero attached hydrogens (tertiary/aromatic N) is 3. The molecule has 1 aromatic carbocycles. The highest BCUT2D eigenvalue weighted by molar-refractivity contribution is 14.0. The van der Waals surface area contributed by atoms with Crippen molar-refractivity contribution in [2.24, 2.45) is 4.99 Å². The molecule has 0 amide bonds. The summed E-state index contributed by atoms with van der Waals surface area (Å²) in [6.07, 6.45) is 7.77. The quantitative estimate of drug-likeness (QED) is 0.365. The van der Waals surface area contributed by atoms with Gasteiger partial charge in [-0.25, -0.2) is 4.98 Å². The zero-order valence-electron chi connectivity index (χ0n) is 15.4. The molecule has 0 unspecified atom stereocenters. The molecule has 2 N–H and O–H groups in total. The van der Waals surface area contributed by atoms with Crippen molar-refractivity contribution in [3.63, 3.8) is 0 Å². The SMILES string of the molecule is CCC(CC)(CNC(=NC)NCCn1ccnc1)c1ccccc1.I. The first kappa shape index (κ1) is 21.5. The van der Waals surface area contributed by atoms with Gasteiger partial charge in [0, 0.05) is 44.5 Å². The van der Waals surface area contributed by atoms with E-state index < -0.39 is 0 Å². The number of aromatic nitrogens is 2. The van der Waals surface area contributed by atoms with Gasteiger partial charge >= 0.3 is 0 Å². The predicted octanol–water partition coefficient (Wildman–Crippen LogP) is 3.42. The van der Waals surface area contributed by atoms with E-state index in [-0.39, 0.29) is 29.4 Å². The molecule has 5 nitrogen and oxygen atoms in total. The third-order valence-corrected chi connectivity index (χ3v) is 4.78. The summed E-state index contributed by atoms with van der Waals surface area (Å²) < 4.78 is 2.05. The fraction of sp³-hybridized carbons (Fsp3) is 0.474.